The molecule has 0 bridgehead atoms. The van der Waals surface area contributed by atoms with E-state index in [2.05, 4.69) is 20.5 Å². The van der Waals surface area contributed by atoms with Gasteiger partial charge in [-0.25, -0.2) is 9.37 Å². The van der Waals surface area contributed by atoms with Crippen LogP contribution in [0.3, 0.4) is 0 Å². The lowest BCUT2D eigenvalue weighted by molar-refractivity contribution is -0.116. The van der Waals surface area contributed by atoms with E-state index in [1.165, 1.54) is 18.5 Å². The molecule has 0 atom stereocenters. The lowest BCUT2D eigenvalue weighted by atomic mass is 10.1. The summed E-state index contributed by atoms with van der Waals surface area (Å²) in [5, 5.41) is 9.64. The quantitative estimate of drug-likeness (QED) is 0.543. The van der Waals surface area contributed by atoms with Gasteiger partial charge in [0.15, 0.2) is 5.82 Å². The molecule has 0 fully saturated rings. The molecule has 8 nitrogen and oxygen atoms in total. The third-order valence-corrected chi connectivity index (χ3v) is 4.34. The van der Waals surface area contributed by atoms with Crippen LogP contribution in [0.5, 0.6) is 5.75 Å². The third-order valence-electron chi connectivity index (χ3n) is 4.34. The van der Waals surface area contributed by atoms with Gasteiger partial charge in [0.2, 0.25) is 5.91 Å². The number of ether oxygens (including phenoxy) is 1. The summed E-state index contributed by atoms with van der Waals surface area (Å²) in [5.41, 5.74) is 1.32. The number of aromatic nitrogens is 4. The van der Waals surface area contributed by atoms with Gasteiger partial charge in [-0.15, -0.1) is 0 Å². The number of benzene rings is 2. The van der Waals surface area contributed by atoms with Crippen LogP contribution in [0.2, 0.25) is 0 Å². The van der Waals surface area contributed by atoms with Crippen molar-refractivity contribution in [3.63, 3.8) is 0 Å². The number of H-pyrrole nitrogens is 1. The van der Waals surface area contributed by atoms with Gasteiger partial charge in [-0.05, 0) is 30.3 Å². The molecule has 4 rings (SSSR count). The zero-order valence-electron chi connectivity index (χ0n) is 15.3. The summed E-state index contributed by atoms with van der Waals surface area (Å²) in [6, 6.07) is 12.8. The number of anilines is 1. The molecule has 4 aromatic rings. The number of amides is 1. The van der Waals surface area contributed by atoms with Crippen molar-refractivity contribution in [2.24, 2.45) is 0 Å². The fraction of sp³-hybridized carbons (Fsp3) is 0.100. The number of hydrogen-bond donors (Lipinski definition) is 2. The number of hydrogen-bond acceptors (Lipinski definition) is 5. The molecule has 0 spiro atoms. The van der Waals surface area contributed by atoms with E-state index < -0.39 is 17.3 Å². The molecule has 146 valence electrons. The molecule has 0 saturated heterocycles. The van der Waals surface area contributed by atoms with Crippen molar-refractivity contribution in [3.8, 4) is 17.0 Å². The Hall–Kier alpha value is -4.01. The Bertz CT molecular complexity index is 1260. The van der Waals surface area contributed by atoms with Crippen LogP contribution in [0.1, 0.15) is 0 Å². The van der Waals surface area contributed by atoms with E-state index in [1.54, 1.807) is 13.2 Å². The van der Waals surface area contributed by atoms with Crippen molar-refractivity contribution in [1.29, 1.82) is 0 Å². The summed E-state index contributed by atoms with van der Waals surface area (Å²) in [7, 11) is 1.57. The summed E-state index contributed by atoms with van der Waals surface area (Å²) in [6.45, 7) is -0.283. The molecule has 2 heterocycles. The van der Waals surface area contributed by atoms with Crippen molar-refractivity contribution in [1.82, 2.24) is 19.7 Å². The normalized spacial score (nSPS) is 10.8. The third kappa shape index (κ3) is 3.70. The standard InChI is InChI=1S/C20H16FN5O3/c1-29-17-5-3-2-4-13(17)16-9-18(25-24-16)23-19(27)10-26-11-22-15-7-6-12(21)8-14(15)20(26)28/h2-9,11H,10H2,1H3,(H2,23,24,25,27). The molecule has 0 radical (unpaired) electrons. The van der Waals surface area contributed by atoms with Crippen molar-refractivity contribution in [3.05, 3.63) is 71.0 Å². The molecule has 0 aliphatic carbocycles. The van der Waals surface area contributed by atoms with E-state index in [9.17, 15) is 14.0 Å². The van der Waals surface area contributed by atoms with Crippen LogP contribution in [0, 0.1) is 5.82 Å². The first-order chi connectivity index (χ1) is 14.0. The van der Waals surface area contributed by atoms with Crippen molar-refractivity contribution < 1.29 is 13.9 Å². The van der Waals surface area contributed by atoms with Crippen molar-refractivity contribution >= 4 is 22.6 Å². The predicted molar refractivity (Wildman–Crippen MR) is 105 cm³/mol. The minimum absolute atomic E-state index is 0.110. The Labute approximate surface area is 164 Å². The van der Waals surface area contributed by atoms with Crippen LogP contribution in [-0.4, -0.2) is 32.8 Å². The maximum absolute atomic E-state index is 13.4. The Balaban J connectivity index is 1.52. The largest absolute Gasteiger partial charge is 0.496 e. The molecule has 2 N–H and O–H groups in total. The van der Waals surface area contributed by atoms with Crippen molar-refractivity contribution in [2.45, 2.75) is 6.54 Å². The van der Waals surface area contributed by atoms with E-state index >= 15 is 0 Å². The highest BCUT2D eigenvalue weighted by Crippen LogP contribution is 2.29. The van der Waals surface area contributed by atoms with Gasteiger partial charge in [0.1, 0.15) is 18.1 Å². The molecule has 0 aliphatic heterocycles. The van der Waals surface area contributed by atoms with Gasteiger partial charge in [-0.3, -0.25) is 19.3 Å². The Kier molecular flexibility index (Phi) is 4.78. The first-order valence-corrected chi connectivity index (χ1v) is 8.68. The highest BCUT2D eigenvalue weighted by Gasteiger charge is 2.12. The van der Waals surface area contributed by atoms with Crippen molar-refractivity contribution in [2.75, 3.05) is 12.4 Å². The van der Waals surface area contributed by atoms with E-state index in [-0.39, 0.29) is 11.9 Å². The maximum atomic E-state index is 13.4. The monoisotopic (exact) mass is 393 g/mol. The molecule has 0 aliphatic rings. The van der Waals surface area contributed by atoms with Crippen LogP contribution in [0.4, 0.5) is 10.2 Å². The van der Waals surface area contributed by atoms with Crippen LogP contribution >= 0.6 is 0 Å². The number of carbonyl (C=O) groups is 1. The van der Waals surface area contributed by atoms with Gasteiger partial charge in [0.25, 0.3) is 5.56 Å². The Morgan fingerprint density at radius 3 is 2.90 bits per heavy atom. The highest BCUT2D eigenvalue weighted by atomic mass is 19.1. The topological polar surface area (TPSA) is 102 Å². The molecule has 0 saturated carbocycles. The first kappa shape index (κ1) is 18.4. The van der Waals surface area contributed by atoms with Crippen LogP contribution < -0.4 is 15.6 Å². The van der Waals surface area contributed by atoms with E-state index in [1.807, 2.05) is 24.3 Å². The number of rotatable bonds is 5. The van der Waals surface area contributed by atoms with E-state index in [4.69, 9.17) is 4.74 Å². The molecule has 29 heavy (non-hydrogen) atoms. The number of halogens is 1. The summed E-state index contributed by atoms with van der Waals surface area (Å²) in [4.78, 5) is 28.9. The first-order valence-electron chi connectivity index (χ1n) is 8.68. The van der Waals surface area contributed by atoms with Gasteiger partial charge in [-0.1, -0.05) is 12.1 Å². The second-order valence-electron chi connectivity index (χ2n) is 6.25. The van der Waals surface area contributed by atoms with Gasteiger partial charge in [0.05, 0.1) is 30.0 Å². The molecule has 0 unspecified atom stereocenters. The molecule has 2 aromatic carbocycles. The number of nitrogens with zero attached hydrogens (tertiary/aromatic N) is 3. The molecule has 2 aromatic heterocycles. The zero-order chi connectivity index (χ0) is 20.4. The summed E-state index contributed by atoms with van der Waals surface area (Å²) in [6.07, 6.45) is 1.26. The number of para-hydroxylation sites is 1. The summed E-state index contributed by atoms with van der Waals surface area (Å²) >= 11 is 0. The highest BCUT2D eigenvalue weighted by molar-refractivity contribution is 5.90. The number of fused-ring (bicyclic) bond motifs is 1. The predicted octanol–water partition coefficient (Wildman–Crippen LogP) is 2.57. The van der Waals surface area contributed by atoms with Crippen LogP contribution in [0.25, 0.3) is 22.2 Å². The van der Waals surface area contributed by atoms with Gasteiger partial charge < -0.3 is 10.1 Å². The molecular weight excluding hydrogens is 377 g/mol. The van der Waals surface area contributed by atoms with E-state index in [0.29, 0.717) is 22.8 Å². The minimum atomic E-state index is -0.543. The molecule has 9 heteroatoms. The number of nitrogens with one attached hydrogen (secondary N) is 2. The molecule has 1 amide bonds. The van der Waals surface area contributed by atoms with E-state index in [0.717, 1.165) is 16.2 Å². The van der Waals surface area contributed by atoms with Gasteiger partial charge >= 0.3 is 0 Å². The Morgan fingerprint density at radius 1 is 1.24 bits per heavy atom. The fourth-order valence-corrected chi connectivity index (χ4v) is 2.97. The smallest absolute Gasteiger partial charge is 0.261 e. The number of carbonyl (C=O) groups excluding carboxylic acids is 1. The summed E-state index contributed by atoms with van der Waals surface area (Å²) in [5.74, 6) is -0.0551. The lowest BCUT2D eigenvalue weighted by Gasteiger charge is -2.06. The van der Waals surface area contributed by atoms with Crippen LogP contribution in [-0.2, 0) is 11.3 Å². The average molecular weight is 393 g/mol. The van der Waals surface area contributed by atoms with Crippen LogP contribution in [0.15, 0.2) is 59.7 Å². The fourth-order valence-electron chi connectivity index (χ4n) is 2.97. The lowest BCUT2D eigenvalue weighted by Crippen LogP contribution is -2.28. The van der Waals surface area contributed by atoms with Gasteiger partial charge in [0, 0.05) is 11.6 Å². The second kappa shape index (κ2) is 7.55. The molecular formula is C20H16FN5O3. The minimum Gasteiger partial charge on any atom is -0.496 e. The number of aromatic amines is 1. The Morgan fingerprint density at radius 2 is 2.07 bits per heavy atom. The second-order valence-corrected chi connectivity index (χ2v) is 6.25. The average Bonchev–Trinajstić information content (AvgIpc) is 3.18. The zero-order valence-corrected chi connectivity index (χ0v) is 15.3. The SMILES string of the molecule is COc1ccccc1-c1cc(NC(=O)Cn2cnc3ccc(F)cc3c2=O)n[nH]1. The maximum Gasteiger partial charge on any atom is 0.261 e. The number of methoxy groups -OCH3 is 1. The summed E-state index contributed by atoms with van der Waals surface area (Å²) < 4.78 is 19.9. The van der Waals surface area contributed by atoms with Gasteiger partial charge in [-0.2, -0.15) is 5.10 Å².